The van der Waals surface area contributed by atoms with Crippen LogP contribution in [0.25, 0.3) is 0 Å². The van der Waals surface area contributed by atoms with Crippen LogP contribution in [0.3, 0.4) is 0 Å². The monoisotopic (exact) mass is 289 g/mol. The quantitative estimate of drug-likeness (QED) is 0.876. The first-order valence-corrected chi connectivity index (χ1v) is 7.97. The van der Waals surface area contributed by atoms with E-state index in [9.17, 15) is 13.5 Å². The van der Waals surface area contributed by atoms with Crippen molar-refractivity contribution >= 4 is 21.4 Å². The van der Waals surface area contributed by atoms with Crippen LogP contribution in [0, 0.1) is 0 Å². The van der Waals surface area contributed by atoms with Crippen LogP contribution < -0.4 is 5.32 Å². The van der Waals surface area contributed by atoms with Crippen LogP contribution in [-0.4, -0.2) is 37.2 Å². The number of hydrogen-bond donors (Lipinski definition) is 2. The average molecular weight is 290 g/mol. The maximum absolute atomic E-state index is 11.4. The van der Waals surface area contributed by atoms with E-state index in [1.807, 2.05) is 19.1 Å². The second kappa shape index (κ2) is 5.17. The fraction of sp³-hybridized carbons (Fsp3) is 0.500. The summed E-state index contributed by atoms with van der Waals surface area (Å²) in [6, 6.07) is 6.91. The zero-order valence-corrected chi connectivity index (χ0v) is 11.6. The molecule has 4 nitrogen and oxygen atoms in total. The summed E-state index contributed by atoms with van der Waals surface area (Å²) in [4.78, 5) is 0. The summed E-state index contributed by atoms with van der Waals surface area (Å²) in [5, 5.41) is 13.5. The Balaban J connectivity index is 2.04. The molecule has 0 amide bonds. The van der Waals surface area contributed by atoms with Gasteiger partial charge in [0.1, 0.15) is 0 Å². The molecule has 1 aromatic rings. The summed E-state index contributed by atoms with van der Waals surface area (Å²) in [5.41, 5.74) is 1.01. The van der Waals surface area contributed by atoms with E-state index in [2.05, 4.69) is 5.32 Å². The Morgan fingerprint density at radius 1 is 1.33 bits per heavy atom. The number of nitrogens with one attached hydrogen (secondary N) is 1. The molecule has 0 saturated carbocycles. The SMILES string of the molecule is C[C@@H](NC1CS(=O)(=O)CC1O)c1ccc(Cl)cc1. The van der Waals surface area contributed by atoms with Gasteiger partial charge in [-0.3, -0.25) is 0 Å². The molecular formula is C12H16ClNO3S. The highest BCUT2D eigenvalue weighted by Crippen LogP contribution is 2.20. The van der Waals surface area contributed by atoms with E-state index in [0.29, 0.717) is 5.02 Å². The van der Waals surface area contributed by atoms with Crippen LogP contribution in [0.1, 0.15) is 18.5 Å². The van der Waals surface area contributed by atoms with Gasteiger partial charge in [-0.2, -0.15) is 0 Å². The molecule has 1 heterocycles. The van der Waals surface area contributed by atoms with Crippen molar-refractivity contribution in [3.8, 4) is 0 Å². The van der Waals surface area contributed by atoms with Crippen molar-refractivity contribution in [3.63, 3.8) is 0 Å². The normalized spacial score (nSPS) is 28.2. The lowest BCUT2D eigenvalue weighted by Crippen LogP contribution is -2.40. The number of halogens is 1. The van der Waals surface area contributed by atoms with Gasteiger partial charge < -0.3 is 10.4 Å². The van der Waals surface area contributed by atoms with Gasteiger partial charge in [-0.15, -0.1) is 0 Å². The van der Waals surface area contributed by atoms with Gasteiger partial charge in [0.05, 0.1) is 17.6 Å². The van der Waals surface area contributed by atoms with Crippen molar-refractivity contribution in [2.24, 2.45) is 0 Å². The number of aliphatic hydroxyl groups excluding tert-OH is 1. The third-order valence-electron chi connectivity index (χ3n) is 3.16. The predicted octanol–water partition coefficient (Wildman–Crippen LogP) is 1.15. The fourth-order valence-corrected chi connectivity index (χ4v) is 4.04. The molecule has 18 heavy (non-hydrogen) atoms. The molecule has 1 aromatic carbocycles. The summed E-state index contributed by atoms with van der Waals surface area (Å²) in [6.07, 6.45) is -0.829. The maximum atomic E-state index is 11.4. The molecule has 1 saturated heterocycles. The number of sulfone groups is 1. The van der Waals surface area contributed by atoms with Gasteiger partial charge in [-0.05, 0) is 24.6 Å². The van der Waals surface area contributed by atoms with E-state index in [4.69, 9.17) is 11.6 Å². The van der Waals surface area contributed by atoms with Gasteiger partial charge in [0.25, 0.3) is 0 Å². The average Bonchev–Trinajstić information content (AvgIpc) is 2.52. The molecule has 0 spiro atoms. The minimum absolute atomic E-state index is 0.00784. The first kappa shape index (κ1) is 13.8. The Bertz CT molecular complexity index is 515. The second-order valence-electron chi connectivity index (χ2n) is 4.69. The van der Waals surface area contributed by atoms with Gasteiger partial charge in [0, 0.05) is 17.1 Å². The number of benzene rings is 1. The topological polar surface area (TPSA) is 66.4 Å². The third-order valence-corrected chi connectivity index (χ3v) is 5.13. The van der Waals surface area contributed by atoms with Gasteiger partial charge >= 0.3 is 0 Å². The van der Waals surface area contributed by atoms with Crippen molar-refractivity contribution in [2.75, 3.05) is 11.5 Å². The third kappa shape index (κ3) is 3.23. The molecule has 1 fully saturated rings. The van der Waals surface area contributed by atoms with Crippen molar-refractivity contribution in [2.45, 2.75) is 25.1 Å². The number of aliphatic hydroxyl groups is 1. The van der Waals surface area contributed by atoms with E-state index in [1.165, 1.54) is 0 Å². The van der Waals surface area contributed by atoms with Crippen molar-refractivity contribution in [1.29, 1.82) is 0 Å². The van der Waals surface area contributed by atoms with Gasteiger partial charge in [0.2, 0.25) is 0 Å². The van der Waals surface area contributed by atoms with Crippen LogP contribution in [0.15, 0.2) is 24.3 Å². The van der Waals surface area contributed by atoms with Crippen molar-refractivity contribution < 1.29 is 13.5 Å². The van der Waals surface area contributed by atoms with Crippen LogP contribution in [0.4, 0.5) is 0 Å². The molecule has 3 atom stereocenters. The lowest BCUT2D eigenvalue weighted by Gasteiger charge is -2.21. The van der Waals surface area contributed by atoms with Crippen LogP contribution in [-0.2, 0) is 9.84 Å². The Hall–Kier alpha value is -0.620. The molecule has 2 N–H and O–H groups in total. The van der Waals surface area contributed by atoms with Crippen LogP contribution in [0.5, 0.6) is 0 Å². The van der Waals surface area contributed by atoms with Crippen LogP contribution in [0.2, 0.25) is 5.02 Å². The standard InChI is InChI=1S/C12H16ClNO3S/c1-8(9-2-4-10(13)5-3-9)14-11-6-18(16,17)7-12(11)15/h2-5,8,11-12,14-15H,6-7H2,1H3/t8-,11?,12?/m1/s1. The Morgan fingerprint density at radius 2 is 1.94 bits per heavy atom. The van der Waals surface area contributed by atoms with E-state index in [0.717, 1.165) is 5.56 Å². The largest absolute Gasteiger partial charge is 0.390 e. The van der Waals surface area contributed by atoms with E-state index in [-0.39, 0.29) is 17.5 Å². The molecule has 0 radical (unpaired) electrons. The zero-order valence-electron chi connectivity index (χ0n) is 10.0. The fourth-order valence-electron chi connectivity index (χ4n) is 2.16. The summed E-state index contributed by atoms with van der Waals surface area (Å²) in [7, 11) is -3.11. The summed E-state index contributed by atoms with van der Waals surface area (Å²) in [6.45, 7) is 1.93. The predicted molar refractivity (Wildman–Crippen MR) is 71.5 cm³/mol. The molecule has 2 rings (SSSR count). The smallest absolute Gasteiger partial charge is 0.154 e. The summed E-state index contributed by atoms with van der Waals surface area (Å²) in [5.74, 6) is -0.163. The molecule has 6 heteroatoms. The Kier molecular flexibility index (Phi) is 3.96. The lowest BCUT2D eigenvalue weighted by atomic mass is 10.1. The summed E-state index contributed by atoms with van der Waals surface area (Å²) < 4.78 is 22.8. The zero-order chi connectivity index (χ0) is 13.3. The highest BCUT2D eigenvalue weighted by molar-refractivity contribution is 7.91. The van der Waals surface area contributed by atoms with Crippen molar-refractivity contribution in [3.05, 3.63) is 34.9 Å². The van der Waals surface area contributed by atoms with Gasteiger partial charge in [0.15, 0.2) is 9.84 Å². The molecule has 0 bridgehead atoms. The molecule has 100 valence electrons. The van der Waals surface area contributed by atoms with Crippen LogP contribution >= 0.6 is 11.6 Å². The molecule has 0 aromatic heterocycles. The molecule has 1 aliphatic heterocycles. The first-order chi connectivity index (χ1) is 8.37. The van der Waals surface area contributed by atoms with E-state index in [1.54, 1.807) is 12.1 Å². The minimum atomic E-state index is -3.11. The highest BCUT2D eigenvalue weighted by atomic mass is 35.5. The maximum Gasteiger partial charge on any atom is 0.154 e. The molecule has 1 aliphatic rings. The number of rotatable bonds is 3. The van der Waals surface area contributed by atoms with E-state index < -0.39 is 22.0 Å². The molecule has 2 unspecified atom stereocenters. The van der Waals surface area contributed by atoms with E-state index >= 15 is 0 Å². The number of hydrogen-bond acceptors (Lipinski definition) is 4. The van der Waals surface area contributed by atoms with Gasteiger partial charge in [-0.1, -0.05) is 23.7 Å². The summed E-state index contributed by atoms with van der Waals surface area (Å²) >= 11 is 5.81. The molecule has 0 aliphatic carbocycles. The van der Waals surface area contributed by atoms with Gasteiger partial charge in [-0.25, -0.2) is 8.42 Å². The lowest BCUT2D eigenvalue weighted by molar-refractivity contribution is 0.160. The Morgan fingerprint density at radius 3 is 2.44 bits per heavy atom. The second-order valence-corrected chi connectivity index (χ2v) is 7.28. The minimum Gasteiger partial charge on any atom is -0.390 e. The van der Waals surface area contributed by atoms with Crippen molar-refractivity contribution in [1.82, 2.24) is 5.32 Å². The Labute approximate surface area is 112 Å². The molecular weight excluding hydrogens is 274 g/mol. The first-order valence-electron chi connectivity index (χ1n) is 5.77. The highest BCUT2D eigenvalue weighted by Gasteiger charge is 2.36.